The van der Waals surface area contributed by atoms with Gasteiger partial charge in [0.05, 0.1) is 12.7 Å². The molecule has 0 unspecified atom stereocenters. The number of benzene rings is 2. The van der Waals surface area contributed by atoms with Crippen molar-refractivity contribution in [3.8, 4) is 22.6 Å². The van der Waals surface area contributed by atoms with E-state index < -0.39 is 17.6 Å². The lowest BCUT2D eigenvalue weighted by Gasteiger charge is -2.13. The lowest BCUT2D eigenvalue weighted by atomic mass is 10.0. The number of hydrogen-bond donors (Lipinski definition) is 1. The third-order valence-electron chi connectivity index (χ3n) is 2.72. The van der Waals surface area contributed by atoms with Gasteiger partial charge >= 0.3 is 6.18 Å². The van der Waals surface area contributed by atoms with Gasteiger partial charge in [-0.2, -0.15) is 13.2 Å². The van der Waals surface area contributed by atoms with E-state index in [0.29, 0.717) is 0 Å². The van der Waals surface area contributed by atoms with Gasteiger partial charge in [0, 0.05) is 6.07 Å². The van der Waals surface area contributed by atoms with E-state index in [1.165, 1.54) is 12.1 Å². The van der Waals surface area contributed by atoms with Crippen LogP contribution in [0, 0.1) is 5.82 Å². The molecule has 2 nitrogen and oxygen atoms in total. The van der Waals surface area contributed by atoms with Crippen molar-refractivity contribution in [3.05, 3.63) is 47.8 Å². The van der Waals surface area contributed by atoms with Gasteiger partial charge in [-0.25, -0.2) is 4.39 Å². The van der Waals surface area contributed by atoms with Gasteiger partial charge in [0.25, 0.3) is 0 Å². The summed E-state index contributed by atoms with van der Waals surface area (Å²) < 4.78 is 56.5. The predicted molar refractivity (Wildman–Crippen MR) is 65.1 cm³/mol. The fraction of sp³-hybridized carbons (Fsp3) is 0.143. The Kier molecular flexibility index (Phi) is 3.57. The molecule has 0 heterocycles. The molecule has 0 spiro atoms. The molecule has 0 saturated carbocycles. The Hall–Kier alpha value is -2.24. The second-order valence-electron chi connectivity index (χ2n) is 4.11. The molecule has 0 aliphatic rings. The summed E-state index contributed by atoms with van der Waals surface area (Å²) in [5.74, 6) is -1.41. The van der Waals surface area contributed by atoms with Crippen LogP contribution in [-0.2, 0) is 6.18 Å². The maximum Gasteiger partial charge on any atom is 0.419 e. The van der Waals surface area contributed by atoms with Crippen LogP contribution in [-0.4, -0.2) is 12.2 Å². The zero-order valence-corrected chi connectivity index (χ0v) is 10.3. The van der Waals surface area contributed by atoms with E-state index in [1.54, 1.807) is 0 Å². The Morgan fingerprint density at radius 2 is 1.70 bits per heavy atom. The smallest absolute Gasteiger partial charge is 0.419 e. The van der Waals surface area contributed by atoms with Crippen molar-refractivity contribution in [2.24, 2.45) is 0 Å². The molecule has 0 amide bonds. The van der Waals surface area contributed by atoms with E-state index in [9.17, 15) is 22.7 Å². The topological polar surface area (TPSA) is 29.5 Å². The Morgan fingerprint density at radius 3 is 2.25 bits per heavy atom. The molecule has 2 rings (SSSR count). The highest BCUT2D eigenvalue weighted by Gasteiger charge is 2.34. The molecule has 0 aliphatic heterocycles. The Morgan fingerprint density at radius 1 is 1.00 bits per heavy atom. The van der Waals surface area contributed by atoms with E-state index in [1.807, 2.05) is 0 Å². The lowest BCUT2D eigenvalue weighted by Crippen LogP contribution is -2.07. The second kappa shape index (κ2) is 5.03. The summed E-state index contributed by atoms with van der Waals surface area (Å²) >= 11 is 0. The highest BCUT2D eigenvalue weighted by atomic mass is 19.4. The summed E-state index contributed by atoms with van der Waals surface area (Å²) in [4.78, 5) is 0. The number of rotatable bonds is 2. The first kappa shape index (κ1) is 14.2. The lowest BCUT2D eigenvalue weighted by molar-refractivity contribution is -0.138. The van der Waals surface area contributed by atoms with Crippen molar-refractivity contribution < 1.29 is 27.4 Å². The van der Waals surface area contributed by atoms with Gasteiger partial charge in [-0.3, -0.25) is 0 Å². The second-order valence-corrected chi connectivity index (χ2v) is 4.11. The SMILES string of the molecule is COc1ccc(-c2cc(O)cc(F)c2)cc1C(F)(F)F. The highest BCUT2D eigenvalue weighted by molar-refractivity contribution is 5.67. The third-order valence-corrected chi connectivity index (χ3v) is 2.72. The molecule has 20 heavy (non-hydrogen) atoms. The normalized spacial score (nSPS) is 11.4. The number of phenols is 1. The average Bonchev–Trinajstić information content (AvgIpc) is 2.35. The van der Waals surface area contributed by atoms with Crippen LogP contribution in [0.3, 0.4) is 0 Å². The molecule has 0 saturated heterocycles. The first-order valence-corrected chi connectivity index (χ1v) is 5.56. The number of ether oxygens (including phenoxy) is 1. The van der Waals surface area contributed by atoms with Crippen LogP contribution in [0.1, 0.15) is 5.56 Å². The summed E-state index contributed by atoms with van der Waals surface area (Å²) in [6.45, 7) is 0. The summed E-state index contributed by atoms with van der Waals surface area (Å²) in [5, 5.41) is 9.30. The zero-order chi connectivity index (χ0) is 14.9. The fourth-order valence-electron chi connectivity index (χ4n) is 1.85. The third kappa shape index (κ3) is 2.84. The Balaban J connectivity index is 2.58. The van der Waals surface area contributed by atoms with Crippen molar-refractivity contribution >= 4 is 0 Å². The van der Waals surface area contributed by atoms with Crippen LogP contribution >= 0.6 is 0 Å². The van der Waals surface area contributed by atoms with Gasteiger partial charge in [-0.15, -0.1) is 0 Å². The first-order chi connectivity index (χ1) is 9.31. The van der Waals surface area contributed by atoms with Crippen molar-refractivity contribution in [1.82, 2.24) is 0 Å². The molecule has 106 valence electrons. The van der Waals surface area contributed by atoms with Crippen molar-refractivity contribution in [2.75, 3.05) is 7.11 Å². The van der Waals surface area contributed by atoms with E-state index in [4.69, 9.17) is 0 Å². The van der Waals surface area contributed by atoms with Gasteiger partial charge in [-0.1, -0.05) is 6.07 Å². The monoisotopic (exact) mass is 286 g/mol. The van der Waals surface area contributed by atoms with Gasteiger partial charge in [0.2, 0.25) is 0 Å². The Bertz CT molecular complexity index is 615. The molecular formula is C14H10F4O2. The fourth-order valence-corrected chi connectivity index (χ4v) is 1.85. The summed E-state index contributed by atoms with van der Waals surface area (Å²) in [6.07, 6.45) is -4.59. The average molecular weight is 286 g/mol. The molecule has 0 atom stereocenters. The van der Waals surface area contributed by atoms with Crippen molar-refractivity contribution in [1.29, 1.82) is 0 Å². The molecule has 2 aromatic rings. The van der Waals surface area contributed by atoms with Crippen LogP contribution in [0.4, 0.5) is 17.6 Å². The van der Waals surface area contributed by atoms with Gasteiger partial charge in [0.1, 0.15) is 17.3 Å². The molecule has 0 fully saturated rings. The van der Waals surface area contributed by atoms with Crippen LogP contribution in [0.15, 0.2) is 36.4 Å². The summed E-state index contributed by atoms with van der Waals surface area (Å²) in [7, 11) is 1.14. The van der Waals surface area contributed by atoms with Crippen molar-refractivity contribution in [2.45, 2.75) is 6.18 Å². The number of halogens is 4. The van der Waals surface area contributed by atoms with E-state index in [2.05, 4.69) is 4.74 Å². The van der Waals surface area contributed by atoms with Gasteiger partial charge in [-0.05, 0) is 35.4 Å². The molecule has 0 bridgehead atoms. The van der Waals surface area contributed by atoms with E-state index in [-0.39, 0.29) is 22.6 Å². The summed E-state index contributed by atoms with van der Waals surface area (Å²) in [6, 6.07) is 6.47. The minimum Gasteiger partial charge on any atom is -0.508 e. The quantitative estimate of drug-likeness (QED) is 0.837. The maximum atomic E-state index is 13.2. The zero-order valence-electron chi connectivity index (χ0n) is 10.3. The van der Waals surface area contributed by atoms with E-state index >= 15 is 0 Å². The molecule has 0 radical (unpaired) electrons. The maximum absolute atomic E-state index is 13.2. The highest BCUT2D eigenvalue weighted by Crippen LogP contribution is 2.39. The minimum atomic E-state index is -4.59. The van der Waals surface area contributed by atoms with Crippen LogP contribution < -0.4 is 4.74 Å². The molecule has 0 aromatic heterocycles. The molecule has 6 heteroatoms. The predicted octanol–water partition coefficient (Wildman–Crippen LogP) is 4.23. The Labute approximate surface area is 112 Å². The molecule has 2 aromatic carbocycles. The molecule has 0 aliphatic carbocycles. The summed E-state index contributed by atoms with van der Waals surface area (Å²) in [5.41, 5.74) is -0.676. The number of aromatic hydroxyl groups is 1. The van der Waals surface area contributed by atoms with Crippen LogP contribution in [0.2, 0.25) is 0 Å². The number of methoxy groups -OCH3 is 1. The van der Waals surface area contributed by atoms with Crippen LogP contribution in [0.5, 0.6) is 11.5 Å². The molecule has 1 N–H and O–H groups in total. The van der Waals surface area contributed by atoms with Gasteiger partial charge < -0.3 is 9.84 Å². The number of phenolic OH excluding ortho intramolecular Hbond substituents is 1. The largest absolute Gasteiger partial charge is 0.508 e. The number of hydrogen-bond acceptors (Lipinski definition) is 2. The van der Waals surface area contributed by atoms with Crippen molar-refractivity contribution in [3.63, 3.8) is 0 Å². The molecular weight excluding hydrogens is 276 g/mol. The van der Waals surface area contributed by atoms with Crippen LogP contribution in [0.25, 0.3) is 11.1 Å². The van der Waals surface area contributed by atoms with E-state index in [0.717, 1.165) is 31.4 Å². The minimum absolute atomic E-state index is 0.132. The standard InChI is InChI=1S/C14H10F4O2/c1-20-13-3-2-8(6-12(13)14(16,17)18)9-4-10(15)7-11(19)5-9/h2-7,19H,1H3. The van der Waals surface area contributed by atoms with Gasteiger partial charge in [0.15, 0.2) is 0 Å². The first-order valence-electron chi connectivity index (χ1n) is 5.56. The number of alkyl halides is 3.